The van der Waals surface area contributed by atoms with Crippen LogP contribution in [0.4, 0.5) is 10.1 Å². The average molecular weight is 547 g/mol. The smallest absolute Gasteiger partial charge is 0.322 e. The fraction of sp³-hybridized carbons (Fsp3) is 0.0952. The van der Waals surface area contributed by atoms with Crippen LogP contribution in [0.3, 0.4) is 0 Å². The van der Waals surface area contributed by atoms with Gasteiger partial charge in [0.1, 0.15) is 11.3 Å². The third-order valence-corrected chi connectivity index (χ3v) is 6.14. The molecule has 7 nitrogen and oxygen atoms in total. The molecule has 0 fully saturated rings. The summed E-state index contributed by atoms with van der Waals surface area (Å²) in [6, 6.07) is 8.39. The molecule has 1 atom stereocenters. The molecule has 0 spiro atoms. The Bertz CT molecular complexity index is 1380. The van der Waals surface area contributed by atoms with Crippen molar-refractivity contribution in [1.82, 2.24) is 15.0 Å². The highest BCUT2D eigenvalue weighted by molar-refractivity contribution is 14.2. The molecule has 3 heterocycles. The number of H-pyrrole nitrogens is 1. The summed E-state index contributed by atoms with van der Waals surface area (Å²) in [7, 11) is 0. The average Bonchev–Trinajstić information content (AvgIpc) is 2.76. The lowest BCUT2D eigenvalue weighted by Gasteiger charge is -2.15. The van der Waals surface area contributed by atoms with E-state index in [0.717, 1.165) is 11.9 Å². The fourth-order valence-corrected chi connectivity index (χ4v) is 4.60. The van der Waals surface area contributed by atoms with Crippen molar-refractivity contribution in [3.05, 3.63) is 75.8 Å². The molecular formula is C21H18FIN6OP+. The first-order chi connectivity index (χ1) is 15.0. The summed E-state index contributed by atoms with van der Waals surface area (Å²) in [5.74, 6) is -0.465. The summed E-state index contributed by atoms with van der Waals surface area (Å²) in [6.07, 6.45) is 4.82. The standard InChI is InChI=1S/C21H17FIN6OP/c1-11-12(2)26-20-18(25-11)16(19(21(30)27-20)29-8-4-3-5-9-29)13-6-7-15(22)17(28-31-23)14(13)10-24/h3-10,31H,1-2H3,(H2-,24,26,27,28,30)/p+1. The number of aromatic amines is 1. The van der Waals surface area contributed by atoms with Crippen LogP contribution < -0.4 is 15.2 Å². The molecule has 0 aliphatic heterocycles. The molecule has 0 aliphatic rings. The van der Waals surface area contributed by atoms with E-state index in [4.69, 9.17) is 10.4 Å². The summed E-state index contributed by atoms with van der Waals surface area (Å²) < 4.78 is 16.3. The van der Waals surface area contributed by atoms with Crippen molar-refractivity contribution in [2.75, 3.05) is 5.09 Å². The third-order valence-electron chi connectivity index (χ3n) is 4.98. The van der Waals surface area contributed by atoms with Crippen LogP contribution in [0.25, 0.3) is 28.0 Å². The van der Waals surface area contributed by atoms with Crippen molar-refractivity contribution in [3.8, 4) is 16.8 Å². The second-order valence-corrected chi connectivity index (χ2v) is 8.86. The zero-order valence-corrected chi connectivity index (χ0v) is 19.8. The Balaban J connectivity index is 2.22. The molecule has 31 heavy (non-hydrogen) atoms. The van der Waals surface area contributed by atoms with Gasteiger partial charge in [-0.2, -0.15) is 4.57 Å². The lowest BCUT2D eigenvalue weighted by molar-refractivity contribution is -0.596. The number of rotatable bonds is 5. The van der Waals surface area contributed by atoms with Crippen LogP contribution >= 0.6 is 28.4 Å². The van der Waals surface area contributed by atoms with Crippen LogP contribution in [0.15, 0.2) is 47.5 Å². The Labute approximate surface area is 192 Å². The van der Waals surface area contributed by atoms with Gasteiger partial charge in [-0.3, -0.25) is 9.78 Å². The molecule has 1 aromatic carbocycles. The Morgan fingerprint density at radius 2 is 1.90 bits per heavy atom. The predicted molar refractivity (Wildman–Crippen MR) is 130 cm³/mol. The first-order valence-corrected chi connectivity index (χ1v) is 13.4. The monoisotopic (exact) mass is 547 g/mol. The number of anilines is 1. The van der Waals surface area contributed by atoms with Crippen LogP contribution in [-0.2, 0) is 0 Å². The molecule has 0 bridgehead atoms. The van der Waals surface area contributed by atoms with Crippen LogP contribution in [0.1, 0.15) is 17.0 Å². The molecular weight excluding hydrogens is 529 g/mol. The van der Waals surface area contributed by atoms with E-state index in [1.54, 1.807) is 23.0 Å². The van der Waals surface area contributed by atoms with Crippen molar-refractivity contribution in [3.63, 3.8) is 0 Å². The van der Waals surface area contributed by atoms with Crippen molar-refractivity contribution in [2.45, 2.75) is 13.8 Å². The lowest BCUT2D eigenvalue weighted by Crippen LogP contribution is -2.37. The molecule has 0 radical (unpaired) electrons. The third kappa shape index (κ3) is 3.83. The van der Waals surface area contributed by atoms with Crippen LogP contribution in [0.5, 0.6) is 0 Å². The minimum atomic E-state index is -0.465. The van der Waals surface area contributed by atoms with Crippen LogP contribution in [-0.4, -0.2) is 21.2 Å². The first kappa shape index (κ1) is 21.5. The van der Waals surface area contributed by atoms with Crippen molar-refractivity contribution in [2.24, 2.45) is 0 Å². The van der Waals surface area contributed by atoms with E-state index >= 15 is 0 Å². The second-order valence-electron chi connectivity index (χ2n) is 6.80. The molecule has 3 N–H and O–H groups in total. The molecule has 0 saturated heterocycles. The van der Waals surface area contributed by atoms with E-state index in [9.17, 15) is 9.18 Å². The highest BCUT2D eigenvalue weighted by atomic mass is 127. The first-order valence-electron chi connectivity index (χ1n) is 9.29. The maximum atomic E-state index is 14.6. The number of hydrogen-bond donors (Lipinski definition) is 3. The number of aryl methyl sites for hydroxylation is 2. The second kappa shape index (κ2) is 8.76. The van der Waals surface area contributed by atoms with E-state index in [-0.39, 0.29) is 17.6 Å². The van der Waals surface area contributed by atoms with Crippen molar-refractivity contribution < 1.29 is 8.96 Å². The molecule has 0 aliphatic carbocycles. The van der Waals surface area contributed by atoms with Gasteiger partial charge in [-0.25, -0.2) is 14.4 Å². The van der Waals surface area contributed by atoms with E-state index in [1.165, 1.54) is 6.07 Å². The van der Waals surface area contributed by atoms with Gasteiger partial charge in [0.05, 0.1) is 22.6 Å². The van der Waals surface area contributed by atoms with E-state index < -0.39 is 5.82 Å². The number of hydrogen-bond acceptors (Lipinski definition) is 5. The number of benzene rings is 1. The predicted octanol–water partition coefficient (Wildman–Crippen LogP) is 4.37. The Kier molecular flexibility index (Phi) is 6.06. The highest BCUT2D eigenvalue weighted by Crippen LogP contribution is 2.37. The number of pyridine rings is 2. The zero-order chi connectivity index (χ0) is 22.1. The lowest BCUT2D eigenvalue weighted by atomic mass is 9.96. The van der Waals surface area contributed by atoms with E-state index in [0.29, 0.717) is 39.2 Å². The van der Waals surface area contributed by atoms with Gasteiger partial charge in [0.15, 0.2) is 18.0 Å². The number of halogens is 2. The van der Waals surface area contributed by atoms with Crippen LogP contribution in [0.2, 0.25) is 0 Å². The number of nitrogens with one attached hydrogen (secondary N) is 3. The largest absolute Gasteiger partial charge is 0.356 e. The van der Waals surface area contributed by atoms with Gasteiger partial charge in [0.25, 0.3) is 5.69 Å². The summed E-state index contributed by atoms with van der Waals surface area (Å²) in [5.41, 5.74) is 3.77. The van der Waals surface area contributed by atoms with Crippen LogP contribution in [0, 0.1) is 25.1 Å². The summed E-state index contributed by atoms with van der Waals surface area (Å²) in [6.45, 7) is 3.67. The van der Waals surface area contributed by atoms with E-state index in [2.05, 4.69) is 37.1 Å². The zero-order valence-electron chi connectivity index (χ0n) is 16.6. The van der Waals surface area contributed by atoms with Gasteiger partial charge in [0, 0.05) is 35.8 Å². The fourth-order valence-electron chi connectivity index (χ4n) is 3.44. The molecule has 10 heteroatoms. The maximum absolute atomic E-state index is 14.6. The molecule has 0 saturated carbocycles. The number of fused-ring (bicyclic) bond motifs is 1. The molecule has 4 aromatic rings. The summed E-state index contributed by atoms with van der Waals surface area (Å²) in [4.78, 5) is 25.3. The van der Waals surface area contributed by atoms with Gasteiger partial charge in [-0.15, -0.1) is 0 Å². The molecule has 4 rings (SSSR count). The highest BCUT2D eigenvalue weighted by Gasteiger charge is 2.27. The SMILES string of the molecule is Cc1nc2[nH]c(=O)c(-[n+]3ccccc3)c(-c3ccc(F)c(NPI)c3C=N)c2nc1C. The number of nitrogens with zero attached hydrogens (tertiary/aromatic N) is 3. The maximum Gasteiger partial charge on any atom is 0.322 e. The van der Waals surface area contributed by atoms with Crippen molar-refractivity contribution in [1.29, 1.82) is 5.41 Å². The topological polar surface area (TPSA) is 98.4 Å². The minimum Gasteiger partial charge on any atom is -0.356 e. The van der Waals surface area contributed by atoms with Crippen molar-refractivity contribution >= 4 is 51.5 Å². The normalized spacial score (nSPS) is 11.4. The molecule has 156 valence electrons. The Hall–Kier alpha value is -2.78. The summed E-state index contributed by atoms with van der Waals surface area (Å²) in [5, 5.41) is 11.0. The molecule has 0 amide bonds. The number of aromatic nitrogens is 4. The van der Waals surface area contributed by atoms with E-state index in [1.807, 2.05) is 32.0 Å². The Morgan fingerprint density at radius 3 is 2.58 bits per heavy atom. The molecule has 1 unspecified atom stereocenters. The minimum absolute atomic E-state index is 0.206. The molecule has 3 aromatic heterocycles. The Morgan fingerprint density at radius 1 is 1.19 bits per heavy atom. The quantitative estimate of drug-likeness (QED) is 0.150. The van der Waals surface area contributed by atoms with Gasteiger partial charge in [-0.05, 0) is 42.0 Å². The van der Waals surface area contributed by atoms with Gasteiger partial charge >= 0.3 is 5.56 Å². The van der Waals surface area contributed by atoms with Gasteiger partial charge < -0.3 is 10.5 Å². The summed E-state index contributed by atoms with van der Waals surface area (Å²) >= 11 is 2.10. The van der Waals surface area contributed by atoms with Gasteiger partial charge in [-0.1, -0.05) is 12.1 Å². The van der Waals surface area contributed by atoms with Gasteiger partial charge in [0.2, 0.25) is 0 Å².